The summed E-state index contributed by atoms with van der Waals surface area (Å²) in [6.45, 7) is 0. The van der Waals surface area contributed by atoms with Crippen molar-refractivity contribution < 1.29 is 0 Å². The van der Waals surface area contributed by atoms with Gasteiger partial charge in [-0.1, -0.05) is 66.8 Å². The Labute approximate surface area is 96.3 Å². The van der Waals surface area contributed by atoms with E-state index in [2.05, 4.69) is 66.8 Å². The summed E-state index contributed by atoms with van der Waals surface area (Å²) in [4.78, 5) is 0. The topological polar surface area (TPSA) is 0 Å². The average Bonchev–Trinajstić information content (AvgIpc) is 3.03. The Balaban J connectivity index is 1.96. The van der Waals surface area contributed by atoms with E-state index in [1.807, 2.05) is 0 Å². The molecule has 0 bridgehead atoms. The summed E-state index contributed by atoms with van der Waals surface area (Å²) in [5.74, 6) is 0.464. The summed E-state index contributed by atoms with van der Waals surface area (Å²) in [5.41, 5.74) is 4.07. The summed E-state index contributed by atoms with van der Waals surface area (Å²) in [6.07, 6.45) is 16.5. The number of allylic oxidation sites excluding steroid dienone is 8. The van der Waals surface area contributed by atoms with E-state index < -0.39 is 0 Å². The van der Waals surface area contributed by atoms with Crippen molar-refractivity contribution in [2.24, 2.45) is 0 Å². The lowest BCUT2D eigenvalue weighted by molar-refractivity contribution is 1.10. The van der Waals surface area contributed by atoms with E-state index in [1.165, 1.54) is 16.7 Å². The number of hydrogen-bond donors (Lipinski definition) is 0. The Morgan fingerprint density at radius 2 is 1.94 bits per heavy atom. The largest absolute Gasteiger partial charge is 0.0801 e. The van der Waals surface area contributed by atoms with Crippen LogP contribution in [0.15, 0.2) is 66.8 Å². The van der Waals surface area contributed by atoms with Gasteiger partial charge in [0.05, 0.1) is 0 Å². The first-order valence-electron chi connectivity index (χ1n) is 5.75. The van der Waals surface area contributed by atoms with E-state index in [9.17, 15) is 0 Å². The molecular weight excluding hydrogens is 192 g/mol. The predicted molar refractivity (Wildman–Crippen MR) is 69.2 cm³/mol. The molecule has 0 N–H and O–H groups in total. The smallest absolute Gasteiger partial charge is 0.0205 e. The van der Waals surface area contributed by atoms with Gasteiger partial charge in [0.25, 0.3) is 0 Å². The highest BCUT2D eigenvalue weighted by molar-refractivity contribution is 5.76. The van der Waals surface area contributed by atoms with Crippen LogP contribution < -0.4 is 0 Å². The molecule has 0 fully saturated rings. The minimum absolute atomic E-state index is 0.464. The molecule has 2 aliphatic carbocycles. The van der Waals surface area contributed by atoms with Crippen molar-refractivity contribution in [2.45, 2.75) is 12.3 Å². The molecule has 0 saturated carbocycles. The summed E-state index contributed by atoms with van der Waals surface area (Å²) in [7, 11) is 0. The van der Waals surface area contributed by atoms with E-state index >= 15 is 0 Å². The number of benzene rings is 1. The molecule has 3 rings (SSSR count). The third kappa shape index (κ3) is 1.67. The second-order valence-electron chi connectivity index (χ2n) is 4.22. The van der Waals surface area contributed by atoms with E-state index in [4.69, 9.17) is 0 Å². The molecule has 0 aliphatic heterocycles. The average molecular weight is 206 g/mol. The van der Waals surface area contributed by atoms with E-state index in [-0.39, 0.29) is 0 Å². The van der Waals surface area contributed by atoms with Crippen molar-refractivity contribution in [1.29, 1.82) is 0 Å². The standard InChI is InChI=1S/C16H14/c1-2-7-13(6-1)15-10-5-11-16(12-15)14-8-3-4-9-14/h1-3,5-13H,4H2. The van der Waals surface area contributed by atoms with Crippen molar-refractivity contribution in [3.05, 3.63) is 77.9 Å². The fourth-order valence-electron chi connectivity index (χ4n) is 2.25. The van der Waals surface area contributed by atoms with E-state index in [0.717, 1.165) is 6.42 Å². The van der Waals surface area contributed by atoms with Gasteiger partial charge in [-0.25, -0.2) is 0 Å². The zero-order chi connectivity index (χ0) is 10.8. The molecule has 0 radical (unpaired) electrons. The fraction of sp³-hybridized carbons (Fsp3) is 0.125. The minimum atomic E-state index is 0.464. The fourth-order valence-corrected chi connectivity index (χ4v) is 2.25. The third-order valence-corrected chi connectivity index (χ3v) is 3.12. The van der Waals surface area contributed by atoms with Gasteiger partial charge < -0.3 is 0 Å². The predicted octanol–water partition coefficient (Wildman–Crippen LogP) is 4.24. The van der Waals surface area contributed by atoms with Gasteiger partial charge in [0, 0.05) is 5.92 Å². The highest BCUT2D eigenvalue weighted by Gasteiger charge is 2.08. The first kappa shape index (κ1) is 9.41. The normalized spacial score (nSPS) is 18.4. The Morgan fingerprint density at radius 1 is 1.06 bits per heavy atom. The summed E-state index contributed by atoms with van der Waals surface area (Å²) in [6, 6.07) is 8.84. The van der Waals surface area contributed by atoms with Crippen LogP contribution in [0, 0.1) is 0 Å². The van der Waals surface area contributed by atoms with Crippen LogP contribution in [0.25, 0.3) is 5.57 Å². The van der Waals surface area contributed by atoms with Crippen LogP contribution in [0.2, 0.25) is 0 Å². The van der Waals surface area contributed by atoms with Crippen LogP contribution in [0.1, 0.15) is 23.5 Å². The zero-order valence-corrected chi connectivity index (χ0v) is 9.14. The molecule has 0 aromatic heterocycles. The quantitative estimate of drug-likeness (QED) is 0.679. The van der Waals surface area contributed by atoms with Crippen molar-refractivity contribution in [3.63, 3.8) is 0 Å². The van der Waals surface area contributed by atoms with Crippen LogP contribution in [-0.4, -0.2) is 0 Å². The van der Waals surface area contributed by atoms with Gasteiger partial charge >= 0.3 is 0 Å². The Kier molecular flexibility index (Phi) is 2.34. The van der Waals surface area contributed by atoms with E-state index in [0.29, 0.717) is 5.92 Å². The molecule has 1 aromatic rings. The van der Waals surface area contributed by atoms with Crippen LogP contribution in [-0.2, 0) is 0 Å². The van der Waals surface area contributed by atoms with Crippen molar-refractivity contribution >= 4 is 5.57 Å². The first-order valence-corrected chi connectivity index (χ1v) is 5.75. The molecule has 2 aliphatic rings. The molecule has 0 amide bonds. The Bertz CT molecular complexity index is 501. The van der Waals surface area contributed by atoms with Crippen molar-refractivity contribution in [3.8, 4) is 0 Å². The lowest BCUT2D eigenvalue weighted by Gasteiger charge is -2.08. The number of rotatable bonds is 2. The highest BCUT2D eigenvalue weighted by atomic mass is 14.1. The summed E-state index contributed by atoms with van der Waals surface area (Å²) >= 11 is 0. The lowest BCUT2D eigenvalue weighted by atomic mass is 9.96. The second kappa shape index (κ2) is 3.97. The van der Waals surface area contributed by atoms with Gasteiger partial charge in [0.1, 0.15) is 0 Å². The molecule has 16 heavy (non-hydrogen) atoms. The van der Waals surface area contributed by atoms with Crippen LogP contribution in [0.5, 0.6) is 0 Å². The van der Waals surface area contributed by atoms with Gasteiger partial charge in [-0.2, -0.15) is 0 Å². The highest BCUT2D eigenvalue weighted by Crippen LogP contribution is 2.27. The molecule has 0 heteroatoms. The van der Waals surface area contributed by atoms with Gasteiger partial charge in [0.15, 0.2) is 0 Å². The monoisotopic (exact) mass is 206 g/mol. The van der Waals surface area contributed by atoms with Crippen molar-refractivity contribution in [2.75, 3.05) is 0 Å². The molecular formula is C16H14. The third-order valence-electron chi connectivity index (χ3n) is 3.12. The van der Waals surface area contributed by atoms with Gasteiger partial charge in [-0.15, -0.1) is 0 Å². The maximum absolute atomic E-state index is 2.30. The first-order chi connectivity index (χ1) is 7.93. The Morgan fingerprint density at radius 3 is 2.69 bits per heavy atom. The SMILES string of the molecule is C1=CC(c2cccc(C3=CCC=C3)c2)C=C1. The molecule has 0 heterocycles. The summed E-state index contributed by atoms with van der Waals surface area (Å²) in [5, 5.41) is 0. The van der Waals surface area contributed by atoms with Gasteiger partial charge in [-0.05, 0) is 23.1 Å². The van der Waals surface area contributed by atoms with Crippen LogP contribution >= 0.6 is 0 Å². The maximum Gasteiger partial charge on any atom is 0.0205 e. The second-order valence-corrected chi connectivity index (χ2v) is 4.22. The molecule has 0 nitrogen and oxygen atoms in total. The molecule has 78 valence electrons. The molecule has 0 unspecified atom stereocenters. The minimum Gasteiger partial charge on any atom is -0.0801 e. The lowest BCUT2D eigenvalue weighted by Crippen LogP contribution is -1.90. The molecule has 0 spiro atoms. The zero-order valence-electron chi connectivity index (χ0n) is 9.14. The maximum atomic E-state index is 2.30. The molecule has 0 saturated heterocycles. The van der Waals surface area contributed by atoms with E-state index in [1.54, 1.807) is 0 Å². The van der Waals surface area contributed by atoms with Gasteiger partial charge in [0.2, 0.25) is 0 Å². The molecule has 1 aromatic carbocycles. The number of hydrogen-bond acceptors (Lipinski definition) is 0. The van der Waals surface area contributed by atoms with Crippen LogP contribution in [0.3, 0.4) is 0 Å². The van der Waals surface area contributed by atoms with Gasteiger partial charge in [-0.3, -0.25) is 0 Å². The Hall–Kier alpha value is -1.82. The van der Waals surface area contributed by atoms with Crippen LogP contribution in [0.4, 0.5) is 0 Å². The summed E-state index contributed by atoms with van der Waals surface area (Å²) < 4.78 is 0. The van der Waals surface area contributed by atoms with Crippen molar-refractivity contribution in [1.82, 2.24) is 0 Å². The molecule has 0 atom stereocenters.